The smallest absolute Gasteiger partial charge is 0.270 e. The molecular formula is C15H12N2O2. The Kier molecular flexibility index (Phi) is 2.76. The summed E-state index contributed by atoms with van der Waals surface area (Å²) in [4.78, 5) is 0. The van der Waals surface area contributed by atoms with Gasteiger partial charge in [-0.3, -0.25) is 0 Å². The number of rotatable bonds is 2. The second-order valence-electron chi connectivity index (χ2n) is 4.33. The highest BCUT2D eigenvalue weighted by Gasteiger charge is 2.21. The van der Waals surface area contributed by atoms with Gasteiger partial charge in [-0.25, -0.2) is 0 Å². The molecule has 3 rings (SSSR count). The van der Waals surface area contributed by atoms with Crippen LogP contribution in [0.15, 0.2) is 59.1 Å². The van der Waals surface area contributed by atoms with E-state index >= 15 is 0 Å². The van der Waals surface area contributed by atoms with Gasteiger partial charge in [-0.15, -0.1) is 0 Å². The molecule has 0 saturated heterocycles. The van der Waals surface area contributed by atoms with E-state index in [4.69, 9.17) is 4.52 Å². The normalized spacial score (nSPS) is 10.6. The lowest BCUT2D eigenvalue weighted by molar-refractivity contribution is -0.660. The molecule has 4 nitrogen and oxygen atoms in total. The summed E-state index contributed by atoms with van der Waals surface area (Å²) in [6, 6.07) is 17.1. The zero-order valence-corrected chi connectivity index (χ0v) is 10.4. The van der Waals surface area contributed by atoms with Crippen LogP contribution in [0.4, 0.5) is 0 Å². The van der Waals surface area contributed by atoms with Crippen molar-refractivity contribution < 1.29 is 14.3 Å². The minimum absolute atomic E-state index is 0.436. The van der Waals surface area contributed by atoms with Gasteiger partial charge < -0.3 is 9.63 Å². The summed E-state index contributed by atoms with van der Waals surface area (Å²) < 4.78 is 6.33. The summed E-state index contributed by atoms with van der Waals surface area (Å²) in [6.07, 6.45) is 0. The minimum Gasteiger partial charge on any atom is -0.539 e. The molecule has 0 atom stereocenters. The van der Waals surface area contributed by atoms with Crippen molar-refractivity contribution in [3.8, 4) is 22.9 Å². The highest BCUT2D eigenvalue weighted by Crippen LogP contribution is 2.23. The summed E-state index contributed by atoms with van der Waals surface area (Å²) in [7, 11) is 0. The minimum atomic E-state index is -0.437. The van der Waals surface area contributed by atoms with Gasteiger partial charge in [0.2, 0.25) is 5.69 Å². The maximum absolute atomic E-state index is 11.8. The maximum Gasteiger partial charge on any atom is 0.270 e. The first kappa shape index (κ1) is 11.5. The molecule has 0 N–H and O–H groups in total. The third-order valence-corrected chi connectivity index (χ3v) is 2.90. The van der Waals surface area contributed by atoms with Crippen LogP contribution in [0, 0.1) is 6.92 Å². The monoisotopic (exact) mass is 252 g/mol. The van der Waals surface area contributed by atoms with Crippen molar-refractivity contribution in [3.63, 3.8) is 0 Å². The molecule has 2 aromatic carbocycles. The van der Waals surface area contributed by atoms with Crippen molar-refractivity contribution in [3.05, 3.63) is 60.2 Å². The van der Waals surface area contributed by atoms with Crippen LogP contribution in [0.2, 0.25) is 0 Å². The van der Waals surface area contributed by atoms with Gasteiger partial charge in [0.1, 0.15) is 0 Å². The third kappa shape index (κ3) is 2.08. The van der Waals surface area contributed by atoms with Crippen molar-refractivity contribution >= 4 is 0 Å². The Balaban J connectivity index is 2.19. The summed E-state index contributed by atoms with van der Waals surface area (Å²) in [5.74, 6) is -0.437. The van der Waals surface area contributed by atoms with Crippen LogP contribution in [0.5, 0.6) is 5.95 Å². The average Bonchev–Trinajstić information content (AvgIpc) is 2.82. The molecule has 4 heteroatoms. The molecule has 0 fully saturated rings. The molecular weight excluding hydrogens is 240 g/mol. The molecule has 0 aliphatic carbocycles. The van der Waals surface area contributed by atoms with Crippen LogP contribution < -0.4 is 9.79 Å². The van der Waals surface area contributed by atoms with Gasteiger partial charge in [0.05, 0.1) is 10.8 Å². The molecule has 1 aromatic heterocycles. The number of benzene rings is 2. The van der Waals surface area contributed by atoms with Crippen molar-refractivity contribution in [2.75, 3.05) is 0 Å². The van der Waals surface area contributed by atoms with Crippen LogP contribution >= 0.6 is 0 Å². The van der Waals surface area contributed by atoms with Gasteiger partial charge >= 0.3 is 0 Å². The lowest BCUT2D eigenvalue weighted by Crippen LogP contribution is -2.34. The molecule has 0 amide bonds. The van der Waals surface area contributed by atoms with Gasteiger partial charge in [0, 0.05) is 12.1 Å². The molecule has 3 aromatic rings. The van der Waals surface area contributed by atoms with Crippen LogP contribution in [0.3, 0.4) is 0 Å². The molecule has 0 bridgehead atoms. The van der Waals surface area contributed by atoms with Gasteiger partial charge in [-0.05, 0) is 29.3 Å². The fourth-order valence-electron chi connectivity index (χ4n) is 2.02. The van der Waals surface area contributed by atoms with E-state index in [9.17, 15) is 5.11 Å². The van der Waals surface area contributed by atoms with Crippen molar-refractivity contribution in [1.82, 2.24) is 5.27 Å². The van der Waals surface area contributed by atoms with Gasteiger partial charge in [-0.1, -0.05) is 30.3 Å². The number of nitrogens with zero attached hydrogens (tertiary/aromatic N) is 2. The standard InChI is InChI=1S/C15H12N2O2/c1-11-6-5-9-13(10-11)17-14(15(18)19-16-17)12-7-3-2-4-8-12/h2-10H,1H3. The summed E-state index contributed by atoms with van der Waals surface area (Å²) in [5.41, 5.74) is 3.13. The van der Waals surface area contributed by atoms with Gasteiger partial charge in [0.15, 0.2) is 5.95 Å². The fourth-order valence-corrected chi connectivity index (χ4v) is 2.02. The second-order valence-corrected chi connectivity index (χ2v) is 4.33. The van der Waals surface area contributed by atoms with Crippen LogP contribution in [0.25, 0.3) is 16.9 Å². The Morgan fingerprint density at radius 3 is 2.58 bits per heavy atom. The Hall–Kier alpha value is -2.62. The molecule has 1 heterocycles. The Labute approximate surface area is 110 Å². The predicted molar refractivity (Wildman–Crippen MR) is 67.7 cm³/mol. The Morgan fingerprint density at radius 2 is 1.84 bits per heavy atom. The number of aromatic nitrogens is 2. The van der Waals surface area contributed by atoms with E-state index in [0.29, 0.717) is 5.69 Å². The van der Waals surface area contributed by atoms with E-state index in [1.165, 1.54) is 4.68 Å². The van der Waals surface area contributed by atoms with Crippen LogP contribution in [-0.2, 0) is 0 Å². The molecule has 0 spiro atoms. The predicted octanol–water partition coefficient (Wildman–Crippen LogP) is 2.00. The lowest BCUT2D eigenvalue weighted by atomic mass is 10.1. The fraction of sp³-hybridized carbons (Fsp3) is 0.0667. The van der Waals surface area contributed by atoms with Crippen LogP contribution in [0.1, 0.15) is 5.56 Å². The second kappa shape index (κ2) is 4.57. The van der Waals surface area contributed by atoms with Crippen molar-refractivity contribution in [2.45, 2.75) is 6.92 Å². The Morgan fingerprint density at radius 1 is 1.05 bits per heavy atom. The van der Waals surface area contributed by atoms with Crippen molar-refractivity contribution in [2.24, 2.45) is 0 Å². The molecule has 0 radical (unpaired) electrons. The highest BCUT2D eigenvalue weighted by atomic mass is 16.6. The molecule has 0 aliphatic rings. The summed E-state index contributed by atoms with van der Waals surface area (Å²) in [6.45, 7) is 1.99. The molecule has 19 heavy (non-hydrogen) atoms. The SMILES string of the molecule is Cc1cccc(-[n+]2noc([O-])c2-c2ccccc2)c1. The number of hydrogen-bond donors (Lipinski definition) is 0. The first-order valence-electron chi connectivity index (χ1n) is 5.97. The lowest BCUT2D eigenvalue weighted by Gasteiger charge is -1.98. The zero-order valence-electron chi connectivity index (χ0n) is 10.4. The molecule has 94 valence electrons. The molecule has 0 aliphatic heterocycles. The zero-order chi connectivity index (χ0) is 13.2. The van der Waals surface area contributed by atoms with Crippen LogP contribution in [-0.4, -0.2) is 5.27 Å². The topological polar surface area (TPSA) is 53.0 Å². The van der Waals surface area contributed by atoms with E-state index in [0.717, 1.165) is 16.8 Å². The summed E-state index contributed by atoms with van der Waals surface area (Å²) in [5, 5.41) is 15.7. The first-order chi connectivity index (χ1) is 9.25. The molecule has 0 unspecified atom stereocenters. The maximum atomic E-state index is 11.8. The van der Waals surface area contributed by atoms with Crippen molar-refractivity contribution in [1.29, 1.82) is 0 Å². The van der Waals surface area contributed by atoms with Gasteiger partial charge in [-0.2, -0.15) is 0 Å². The highest BCUT2D eigenvalue weighted by molar-refractivity contribution is 5.59. The number of hydrogen-bond acceptors (Lipinski definition) is 3. The first-order valence-corrected chi connectivity index (χ1v) is 5.97. The largest absolute Gasteiger partial charge is 0.539 e. The van der Waals surface area contributed by atoms with E-state index in [-0.39, 0.29) is 0 Å². The number of aryl methyl sites for hydroxylation is 1. The Bertz CT molecular complexity index is 705. The van der Waals surface area contributed by atoms with E-state index in [1.54, 1.807) is 0 Å². The van der Waals surface area contributed by atoms with E-state index in [2.05, 4.69) is 5.27 Å². The summed E-state index contributed by atoms with van der Waals surface area (Å²) >= 11 is 0. The average molecular weight is 252 g/mol. The molecule has 0 saturated carbocycles. The van der Waals surface area contributed by atoms with Gasteiger partial charge in [0.25, 0.3) is 5.69 Å². The third-order valence-electron chi connectivity index (χ3n) is 2.90. The van der Waals surface area contributed by atoms with E-state index < -0.39 is 5.95 Å². The van der Waals surface area contributed by atoms with E-state index in [1.807, 2.05) is 61.5 Å². The quantitative estimate of drug-likeness (QED) is 0.655.